The lowest BCUT2D eigenvalue weighted by atomic mass is 10.1. The van der Waals surface area contributed by atoms with Crippen LogP contribution in [-0.4, -0.2) is 61.4 Å². The highest BCUT2D eigenvalue weighted by atomic mass is 79.9. The van der Waals surface area contributed by atoms with Crippen molar-refractivity contribution in [1.29, 1.82) is 0 Å². The molecule has 0 bridgehead atoms. The van der Waals surface area contributed by atoms with Crippen LogP contribution in [0.15, 0.2) is 18.2 Å². The number of unbranched alkanes of at least 4 members (excludes halogenated alkanes) is 5. The Morgan fingerprint density at radius 1 is 0.963 bits per heavy atom. The van der Waals surface area contributed by atoms with Crippen molar-refractivity contribution in [3.63, 3.8) is 0 Å². The summed E-state index contributed by atoms with van der Waals surface area (Å²) in [6, 6.07) is 6.67. The van der Waals surface area contributed by atoms with Gasteiger partial charge in [-0.05, 0) is 18.6 Å². The number of phenolic OH excluding ortho intramolecular Hbond substituents is 1. The summed E-state index contributed by atoms with van der Waals surface area (Å²) < 4.78 is 16.4. The van der Waals surface area contributed by atoms with Gasteiger partial charge in [-0.15, -0.1) is 0 Å². The van der Waals surface area contributed by atoms with E-state index >= 15 is 0 Å². The van der Waals surface area contributed by atoms with E-state index in [1.54, 1.807) is 20.3 Å². The molecule has 1 aromatic carbocycles. The second kappa shape index (κ2) is 14.8. The number of aromatic hydroxyl groups is 1. The zero-order valence-electron chi connectivity index (χ0n) is 17.5. The van der Waals surface area contributed by atoms with Gasteiger partial charge in [0.2, 0.25) is 0 Å². The molecule has 27 heavy (non-hydrogen) atoms. The number of halogens is 1. The van der Waals surface area contributed by atoms with E-state index in [9.17, 15) is 5.11 Å². The van der Waals surface area contributed by atoms with Crippen molar-refractivity contribution in [3.8, 4) is 11.5 Å². The lowest BCUT2D eigenvalue weighted by Gasteiger charge is -2.17. The Bertz CT molecular complexity index is 507. The zero-order chi connectivity index (χ0) is 19.4. The van der Waals surface area contributed by atoms with Gasteiger partial charge in [0.05, 0.1) is 26.6 Å². The third-order valence-electron chi connectivity index (χ3n) is 4.23. The average Bonchev–Trinajstić information content (AvgIpc) is 2.60. The Morgan fingerprint density at radius 2 is 1.56 bits per heavy atom. The van der Waals surface area contributed by atoms with Gasteiger partial charge in [0.1, 0.15) is 26.5 Å². The second-order valence-corrected chi connectivity index (χ2v) is 13.3. The first-order chi connectivity index (χ1) is 12.4. The summed E-state index contributed by atoms with van der Waals surface area (Å²) in [5, 5.41) is 10.9. The van der Waals surface area contributed by atoms with Crippen LogP contribution in [0.5, 0.6) is 11.5 Å². The van der Waals surface area contributed by atoms with Crippen LogP contribution in [0.1, 0.15) is 38.5 Å². The molecule has 0 aromatic heterocycles. The summed E-state index contributed by atoms with van der Waals surface area (Å²) >= 11 is 0. The Labute approximate surface area is 179 Å². The molecule has 0 atom stereocenters. The largest absolute Gasteiger partial charge is 1.00 e. The van der Waals surface area contributed by atoms with Crippen LogP contribution in [0.25, 0.3) is 0 Å². The van der Waals surface area contributed by atoms with Crippen LogP contribution in [0.2, 0.25) is 6.04 Å². The summed E-state index contributed by atoms with van der Waals surface area (Å²) in [6.07, 6.45) is 7.38. The van der Waals surface area contributed by atoms with Crippen LogP contribution in [-0.2, 0) is 9.47 Å². The lowest BCUT2D eigenvalue weighted by Crippen LogP contribution is -3.00. The Hall–Kier alpha value is -0.133. The van der Waals surface area contributed by atoms with Crippen LogP contribution in [0.3, 0.4) is 0 Å². The van der Waals surface area contributed by atoms with E-state index in [2.05, 4.69) is 20.0 Å². The molecule has 0 saturated heterocycles. The first-order valence-electron chi connectivity index (χ1n) is 9.45. The van der Waals surface area contributed by atoms with Gasteiger partial charge in [-0.25, -0.2) is 0 Å². The van der Waals surface area contributed by atoms with Crippen molar-refractivity contribution in [2.75, 3.05) is 40.8 Å². The van der Waals surface area contributed by atoms with Crippen LogP contribution in [0, 0.1) is 0 Å². The third-order valence-corrected chi connectivity index (χ3v) is 7.47. The molecule has 0 spiro atoms. The first-order valence-corrected chi connectivity index (χ1v) is 13.9. The fourth-order valence-corrected chi connectivity index (χ4v) is 5.09. The van der Waals surface area contributed by atoms with Crippen LogP contribution in [0.4, 0.5) is 0 Å². The normalized spacial score (nSPS) is 11.5. The van der Waals surface area contributed by atoms with Gasteiger partial charge in [0.15, 0.2) is 5.75 Å². The van der Waals surface area contributed by atoms with Crippen molar-refractivity contribution < 1.29 is 36.3 Å². The molecule has 4 nitrogen and oxygen atoms in total. The van der Waals surface area contributed by atoms with Crippen molar-refractivity contribution in [1.82, 2.24) is 0 Å². The molecule has 0 amide bonds. The molecule has 0 saturated carbocycles. The maximum atomic E-state index is 9.74. The minimum absolute atomic E-state index is 0. The number of hydrogen-bond donors (Lipinski definition) is 1. The third kappa shape index (κ3) is 11.5. The van der Waals surface area contributed by atoms with Crippen molar-refractivity contribution in [2.24, 2.45) is 0 Å². The minimum Gasteiger partial charge on any atom is -1.00 e. The van der Waals surface area contributed by atoms with Gasteiger partial charge >= 0.3 is 0 Å². The topological polar surface area (TPSA) is 47.9 Å². The van der Waals surface area contributed by atoms with Gasteiger partial charge in [-0.3, -0.25) is 0 Å². The maximum Gasteiger partial charge on any atom is 0.161 e. The minimum atomic E-state index is -1.22. The summed E-state index contributed by atoms with van der Waals surface area (Å²) in [6.45, 7) is 7.49. The molecule has 2 radical (unpaired) electrons. The fraction of sp³-hybridized carbons (Fsp3) is 0.700. The van der Waals surface area contributed by atoms with E-state index in [0.29, 0.717) is 5.75 Å². The maximum absolute atomic E-state index is 9.74. The molecule has 0 unspecified atom stereocenters. The standard InChI is InChI=1S/C20H35O4PSi.BrH/c1-22-20(23-2)26-15-11-9-7-6-8-10-14-24-18-13-12-17(21)16-19(18)25(3,4)5;/h12-13,16,20H,6-11,14-15H2,1-5H3;1H. The predicted octanol–water partition coefficient (Wildman–Crippen LogP) is 1.35. The highest BCUT2D eigenvalue weighted by molar-refractivity contribution is 7.81. The molecule has 7 heteroatoms. The van der Waals surface area contributed by atoms with Crippen LogP contribution >= 0.6 is 7.26 Å². The quantitative estimate of drug-likeness (QED) is 0.190. The smallest absolute Gasteiger partial charge is 0.161 e. The van der Waals surface area contributed by atoms with E-state index in [4.69, 9.17) is 14.2 Å². The molecule has 0 aliphatic heterocycles. The van der Waals surface area contributed by atoms with E-state index in [1.807, 2.05) is 12.1 Å². The molecule has 0 fully saturated rings. The number of hydrogen-bond acceptors (Lipinski definition) is 4. The number of methoxy groups -OCH3 is 2. The van der Waals surface area contributed by atoms with Gasteiger partial charge in [-0.2, -0.15) is 0 Å². The van der Waals surface area contributed by atoms with E-state index in [0.717, 1.165) is 28.3 Å². The summed E-state index contributed by atoms with van der Waals surface area (Å²) in [4.78, 5) is 0. The summed E-state index contributed by atoms with van der Waals surface area (Å²) in [7, 11) is 2.91. The molecule has 1 rings (SSSR count). The number of benzene rings is 1. The molecule has 0 aliphatic rings. The molecular weight excluding hydrogens is 443 g/mol. The number of rotatable bonds is 14. The van der Waals surface area contributed by atoms with Crippen LogP contribution < -0.4 is 27.0 Å². The highest BCUT2D eigenvalue weighted by Crippen LogP contribution is 2.48. The molecule has 0 heterocycles. The summed E-state index contributed by atoms with van der Waals surface area (Å²) in [5.74, 6) is 1.24. The second-order valence-electron chi connectivity index (χ2n) is 7.39. The first kappa shape index (κ1) is 26.9. The predicted molar refractivity (Wildman–Crippen MR) is 114 cm³/mol. The fourth-order valence-electron chi connectivity index (χ4n) is 2.75. The molecule has 156 valence electrons. The van der Waals surface area contributed by atoms with Gasteiger partial charge in [0.25, 0.3) is 0 Å². The lowest BCUT2D eigenvalue weighted by molar-refractivity contribution is -0.0441. The zero-order valence-corrected chi connectivity index (χ0v) is 20.9. The highest BCUT2D eigenvalue weighted by Gasteiger charge is 2.26. The van der Waals surface area contributed by atoms with Crippen molar-refractivity contribution in [2.45, 2.75) is 50.5 Å². The van der Waals surface area contributed by atoms with Gasteiger partial charge in [-0.1, -0.05) is 38.1 Å². The van der Waals surface area contributed by atoms with Crippen molar-refractivity contribution in [3.05, 3.63) is 18.2 Å². The van der Waals surface area contributed by atoms with Crippen molar-refractivity contribution >= 4 is 22.1 Å². The number of ether oxygens (including phenoxy) is 3. The molecule has 0 aliphatic carbocycles. The Kier molecular flexibility index (Phi) is 14.7. The van der Waals surface area contributed by atoms with E-state index in [1.165, 1.54) is 43.5 Å². The molecular formula is C20H36BrO4PSi. The Morgan fingerprint density at radius 3 is 2.15 bits per heavy atom. The summed E-state index contributed by atoms with van der Waals surface area (Å²) in [5.41, 5.74) is 0. The molecule has 1 aromatic rings. The average molecular weight is 479 g/mol. The van der Waals surface area contributed by atoms with Gasteiger partial charge in [0, 0.05) is 27.5 Å². The molecule has 1 N–H and O–H groups in total. The number of phenols is 1. The van der Waals surface area contributed by atoms with E-state index in [-0.39, 0.29) is 22.9 Å². The SMILES string of the molecule is COC(OC)[Si]CCCCCCCCOc1ccc(O)cc1[P+](C)(C)C.[Br-]. The van der Waals surface area contributed by atoms with Gasteiger partial charge < -0.3 is 36.3 Å². The van der Waals surface area contributed by atoms with E-state index < -0.39 is 7.26 Å². The monoisotopic (exact) mass is 478 g/mol. The Balaban J connectivity index is 0.00000676.